The predicted molar refractivity (Wildman–Crippen MR) is 283 cm³/mol. The molecule has 9 saturated carbocycles. The summed E-state index contributed by atoms with van der Waals surface area (Å²) in [7, 11) is 0. The lowest BCUT2D eigenvalue weighted by molar-refractivity contribution is -0.281. The van der Waals surface area contributed by atoms with Crippen molar-refractivity contribution < 1.29 is 53.1 Å². The number of ether oxygens (including phenoxy) is 4. The van der Waals surface area contributed by atoms with Gasteiger partial charge in [-0.15, -0.1) is 0 Å². The first-order valence-corrected chi connectivity index (χ1v) is 31.7. The number of carbonyl (C=O) groups is 3. The molecule has 14 fully saturated rings. The Hall–Kier alpha value is -3.07. The van der Waals surface area contributed by atoms with Crippen LogP contribution < -0.4 is 5.32 Å². The lowest BCUT2D eigenvalue weighted by Gasteiger charge is -2.70. The van der Waals surface area contributed by atoms with Crippen LogP contribution in [0.2, 0.25) is 0 Å². The number of esters is 2. The highest BCUT2D eigenvalue weighted by Gasteiger charge is 2.97. The molecule has 16 aliphatic rings. The molecule has 26 unspecified atom stereocenters. The van der Waals surface area contributed by atoms with Gasteiger partial charge in [-0.25, -0.2) is 4.79 Å². The number of hydrogen-bond donors (Lipinski definition) is 4. The molecule has 422 valence electrons. The minimum absolute atomic E-state index is 0.0544. The van der Waals surface area contributed by atoms with E-state index in [2.05, 4.69) is 56.3 Å². The highest BCUT2D eigenvalue weighted by atomic mass is 16.7. The highest BCUT2D eigenvalue weighted by Crippen LogP contribution is 2.89. The number of rotatable bonds is 7. The number of cyclic esters (lactones) is 2. The SMILES string of the molecule is CC1C2CCCCC2CCC1C1C=C2CC3CC4(CCCC4)CC34CC3CC5(C)C(c6ccoc6CC(C(O)CO)C6CCC7C(C=CN8CNCC78)C6)OC(=O)C6OC65C5(C)C(O)C(=O)C6C1(C)OC21C4C(=O)OCC61C35. The molecule has 1 aromatic rings. The van der Waals surface area contributed by atoms with Gasteiger partial charge in [-0.05, 0) is 184 Å². The van der Waals surface area contributed by atoms with Crippen molar-refractivity contribution in [3.63, 3.8) is 0 Å². The zero-order valence-corrected chi connectivity index (χ0v) is 46.7. The molecule has 0 aromatic carbocycles. The van der Waals surface area contributed by atoms with E-state index in [1.807, 2.05) is 6.07 Å². The standard InChI is InChI=1S/C65H86N2O11/c1-33-40-10-6-5-9-34(40)11-13-41(33)45-23-38-22-39-27-61(17-7-8-18-61)30-62(39)26-37-25-58(2)54(43-16-20-74-48(43)24-44(47(69)29-68)35-12-14-42-36(21-35)15-19-67-32-66-28-46(42)67)76-57(73)55-65(58,77-55)59(3)50(37)63-31-75-56(72)52(62)64(38,63)78-60(45,4)51(63)49(70)53(59)71/h15-16,19-20,23,33-37,39-42,44-47,50-55,66,68-69,71H,5-14,17-18,21-22,24-32H2,1-4H3. The van der Waals surface area contributed by atoms with Crippen molar-refractivity contribution in [1.82, 2.24) is 10.2 Å². The average molecular weight is 1070 g/mol. The molecule has 5 saturated heterocycles. The van der Waals surface area contributed by atoms with Gasteiger partial charge < -0.3 is 43.6 Å². The number of Topliss-reactive ketones (excluding diaryl/α,β-unsaturated/α-hetero) is 1. The van der Waals surface area contributed by atoms with Gasteiger partial charge in [0.05, 0.1) is 48.5 Å². The van der Waals surface area contributed by atoms with Crippen LogP contribution in [-0.4, -0.2) is 106 Å². The van der Waals surface area contributed by atoms with Crippen LogP contribution in [0, 0.1) is 110 Å². The van der Waals surface area contributed by atoms with Crippen molar-refractivity contribution in [2.75, 3.05) is 26.4 Å². The van der Waals surface area contributed by atoms with E-state index >= 15 is 14.4 Å². The predicted octanol–water partition coefficient (Wildman–Crippen LogP) is 8.39. The van der Waals surface area contributed by atoms with Gasteiger partial charge in [0.15, 0.2) is 11.9 Å². The van der Waals surface area contributed by atoms with Crippen LogP contribution >= 0.6 is 0 Å². The summed E-state index contributed by atoms with van der Waals surface area (Å²) >= 11 is 0. The number of furan rings is 1. The summed E-state index contributed by atoms with van der Waals surface area (Å²) in [5, 5.41) is 39.9. The molecule has 13 heteroatoms. The minimum atomic E-state index is -1.49. The maximum absolute atomic E-state index is 16.7. The summed E-state index contributed by atoms with van der Waals surface area (Å²) in [6.45, 7) is 10.6. The second-order valence-corrected chi connectivity index (χ2v) is 30.8. The fraction of sp³-hybridized carbons (Fsp3) is 0.831. The van der Waals surface area contributed by atoms with E-state index in [-0.39, 0.29) is 65.9 Å². The zero-order valence-electron chi connectivity index (χ0n) is 46.7. The summed E-state index contributed by atoms with van der Waals surface area (Å²) in [5.41, 5.74) is -5.02. The topological polar surface area (TPSA) is 181 Å². The van der Waals surface area contributed by atoms with E-state index in [4.69, 9.17) is 23.4 Å². The van der Waals surface area contributed by atoms with Crippen LogP contribution in [0.15, 0.2) is 40.7 Å². The normalized spacial score (nSPS) is 55.5. The van der Waals surface area contributed by atoms with Gasteiger partial charge >= 0.3 is 11.9 Å². The van der Waals surface area contributed by atoms with E-state index in [9.17, 15) is 15.3 Å². The van der Waals surface area contributed by atoms with E-state index in [0.717, 1.165) is 88.9 Å². The maximum Gasteiger partial charge on any atom is 0.339 e. The van der Waals surface area contributed by atoms with Gasteiger partial charge in [0.25, 0.3) is 0 Å². The Morgan fingerprint density at radius 2 is 1.72 bits per heavy atom. The Labute approximate surface area is 460 Å². The van der Waals surface area contributed by atoms with Crippen LogP contribution in [-0.2, 0) is 39.8 Å². The maximum atomic E-state index is 16.7. The number of allylic oxidation sites excluding steroid dienone is 1. The molecule has 5 spiro atoms. The molecular formula is C65H86N2O11. The fourth-order valence-corrected chi connectivity index (χ4v) is 26.4. The minimum Gasteiger partial charge on any atom is -0.469 e. The number of epoxide rings is 1. The van der Waals surface area contributed by atoms with Crippen molar-refractivity contribution >= 4 is 17.7 Å². The summed E-state index contributed by atoms with van der Waals surface area (Å²) < 4.78 is 35.8. The van der Waals surface area contributed by atoms with Gasteiger partial charge in [0, 0.05) is 41.3 Å². The summed E-state index contributed by atoms with van der Waals surface area (Å²) in [6.07, 6.45) is 24.2. The van der Waals surface area contributed by atoms with E-state index < -0.39 is 80.7 Å². The van der Waals surface area contributed by atoms with Crippen molar-refractivity contribution in [3.8, 4) is 0 Å². The average Bonchev–Trinajstić information content (AvgIpc) is 1.79. The first-order chi connectivity index (χ1) is 37.5. The number of fused-ring (bicyclic) bond motifs is 6. The third-order valence-corrected chi connectivity index (χ3v) is 28.6. The van der Waals surface area contributed by atoms with Crippen LogP contribution in [0.3, 0.4) is 0 Å². The number of aliphatic hydroxyl groups is 3. The summed E-state index contributed by atoms with van der Waals surface area (Å²) in [6, 6.07) is 2.41. The first-order valence-electron chi connectivity index (χ1n) is 31.7. The Morgan fingerprint density at radius 3 is 2.55 bits per heavy atom. The molecule has 1 aromatic heterocycles. The molecule has 0 amide bonds. The molecule has 0 radical (unpaired) electrons. The quantitative estimate of drug-likeness (QED) is 0.116. The van der Waals surface area contributed by atoms with Crippen LogP contribution in [0.1, 0.15) is 161 Å². The second-order valence-electron chi connectivity index (χ2n) is 30.8. The third kappa shape index (κ3) is 5.54. The number of nitrogens with zero attached hydrogens (tertiary/aromatic N) is 1. The number of hydrogen-bond acceptors (Lipinski definition) is 13. The molecule has 8 heterocycles. The Kier molecular flexibility index (Phi) is 10.1. The summed E-state index contributed by atoms with van der Waals surface area (Å²) in [4.78, 5) is 49.9. The van der Waals surface area contributed by atoms with E-state index in [1.165, 1.54) is 50.5 Å². The van der Waals surface area contributed by atoms with Crippen molar-refractivity contribution in [2.24, 2.45) is 110 Å². The van der Waals surface area contributed by atoms with Gasteiger partial charge in [0.1, 0.15) is 35.8 Å². The van der Waals surface area contributed by atoms with Gasteiger partial charge in [0.2, 0.25) is 0 Å². The molecule has 13 nitrogen and oxygen atoms in total. The molecule has 17 rings (SSSR count). The molecule has 9 aliphatic carbocycles. The number of nitrogens with one attached hydrogen (secondary N) is 1. The smallest absolute Gasteiger partial charge is 0.339 e. The van der Waals surface area contributed by atoms with Crippen molar-refractivity contribution in [1.29, 1.82) is 0 Å². The lowest BCUT2D eigenvalue weighted by Crippen LogP contribution is -2.80. The van der Waals surface area contributed by atoms with Crippen molar-refractivity contribution in [2.45, 2.75) is 197 Å². The fourth-order valence-electron chi connectivity index (χ4n) is 26.4. The second kappa shape index (κ2) is 16.0. The Balaban J connectivity index is 0.810. The molecule has 5 bridgehead atoms. The number of carbonyl (C=O) groups excluding carboxylic acids is 3. The molecular weight excluding hydrogens is 985 g/mol. The number of aliphatic hydroxyl groups excluding tert-OH is 3. The molecule has 4 N–H and O–H groups in total. The molecule has 7 aliphatic heterocycles. The van der Waals surface area contributed by atoms with Gasteiger partial charge in [-0.3, -0.25) is 14.9 Å². The molecule has 26 atom stereocenters. The van der Waals surface area contributed by atoms with Crippen molar-refractivity contribution in [3.05, 3.63) is 47.6 Å². The lowest BCUT2D eigenvalue weighted by atomic mass is 9.32. The van der Waals surface area contributed by atoms with Crippen LogP contribution in [0.25, 0.3) is 0 Å². The van der Waals surface area contributed by atoms with Crippen LogP contribution in [0.5, 0.6) is 0 Å². The van der Waals surface area contributed by atoms with Gasteiger partial charge in [-0.2, -0.15) is 0 Å². The van der Waals surface area contributed by atoms with E-state index in [0.29, 0.717) is 54.2 Å². The third-order valence-electron chi connectivity index (χ3n) is 28.6. The Bertz CT molecular complexity index is 2820. The van der Waals surface area contributed by atoms with Gasteiger partial charge in [-0.1, -0.05) is 65.0 Å². The number of ketones is 1. The zero-order chi connectivity index (χ0) is 53.1. The first kappa shape index (κ1) is 49.5. The highest BCUT2D eigenvalue weighted by molar-refractivity contribution is 5.94. The summed E-state index contributed by atoms with van der Waals surface area (Å²) in [5.74, 6) is 0.983. The largest absolute Gasteiger partial charge is 0.469 e. The molecule has 78 heavy (non-hydrogen) atoms. The Morgan fingerprint density at radius 1 is 0.897 bits per heavy atom. The van der Waals surface area contributed by atoms with Crippen LogP contribution in [0.4, 0.5) is 0 Å². The van der Waals surface area contributed by atoms with E-state index in [1.54, 1.807) is 6.26 Å². The monoisotopic (exact) mass is 1070 g/mol.